The molecule has 0 bridgehead atoms. The lowest BCUT2D eigenvalue weighted by atomic mass is 10.0. The van der Waals surface area contributed by atoms with Gasteiger partial charge < -0.3 is 5.73 Å². The summed E-state index contributed by atoms with van der Waals surface area (Å²) in [5.74, 6) is 0. The number of benzene rings is 2. The zero-order chi connectivity index (χ0) is 11.5. The first-order valence-electron chi connectivity index (χ1n) is 5.24. The van der Waals surface area contributed by atoms with E-state index in [1.807, 2.05) is 18.2 Å². The molecule has 2 rings (SSSR count). The lowest BCUT2D eigenvalue weighted by molar-refractivity contribution is 1.19. The summed E-state index contributed by atoms with van der Waals surface area (Å²) in [6.07, 6.45) is 0.827. The maximum Gasteiger partial charge on any atom is 0.0410 e. The molecule has 82 valence electrons. The molecule has 0 unspecified atom stereocenters. The molecule has 0 atom stereocenters. The van der Waals surface area contributed by atoms with Gasteiger partial charge in [0.25, 0.3) is 0 Å². The van der Waals surface area contributed by atoms with E-state index in [0.29, 0.717) is 0 Å². The van der Waals surface area contributed by atoms with E-state index in [4.69, 9.17) is 17.3 Å². The summed E-state index contributed by atoms with van der Waals surface area (Å²) in [4.78, 5) is 0. The molecule has 0 aromatic heterocycles. The van der Waals surface area contributed by atoms with Gasteiger partial charge in [-0.15, -0.1) is 0 Å². The third-order valence-electron chi connectivity index (χ3n) is 2.58. The van der Waals surface area contributed by atoms with Crippen LogP contribution in [0.1, 0.15) is 16.7 Å². The highest BCUT2D eigenvalue weighted by molar-refractivity contribution is 6.30. The zero-order valence-corrected chi connectivity index (χ0v) is 9.96. The number of anilines is 1. The summed E-state index contributed by atoms with van der Waals surface area (Å²) in [6.45, 7) is 2.09. The van der Waals surface area contributed by atoms with Crippen LogP contribution in [0.15, 0.2) is 42.5 Å². The van der Waals surface area contributed by atoms with Gasteiger partial charge in [-0.25, -0.2) is 0 Å². The summed E-state index contributed by atoms with van der Waals surface area (Å²) in [5, 5.41) is 0.733. The number of nitrogen functional groups attached to an aromatic ring is 1. The topological polar surface area (TPSA) is 26.0 Å². The number of aryl methyl sites for hydroxylation is 1. The zero-order valence-electron chi connectivity index (χ0n) is 9.20. The maximum absolute atomic E-state index is 5.96. The van der Waals surface area contributed by atoms with Crippen LogP contribution in [-0.2, 0) is 6.42 Å². The van der Waals surface area contributed by atoms with E-state index in [2.05, 4.69) is 31.2 Å². The first-order chi connectivity index (χ1) is 7.65. The molecule has 0 spiro atoms. The summed E-state index contributed by atoms with van der Waals surface area (Å²) in [7, 11) is 0. The Balaban J connectivity index is 2.30. The summed E-state index contributed by atoms with van der Waals surface area (Å²) < 4.78 is 0. The molecule has 16 heavy (non-hydrogen) atoms. The molecule has 1 nitrogen and oxygen atoms in total. The highest BCUT2D eigenvalue weighted by atomic mass is 35.5. The Morgan fingerprint density at radius 1 is 1.12 bits per heavy atom. The van der Waals surface area contributed by atoms with Crippen molar-refractivity contribution in [3.05, 3.63) is 64.2 Å². The molecule has 0 radical (unpaired) electrons. The van der Waals surface area contributed by atoms with Crippen LogP contribution < -0.4 is 5.73 Å². The van der Waals surface area contributed by atoms with Gasteiger partial charge in [-0.2, -0.15) is 0 Å². The van der Waals surface area contributed by atoms with Crippen molar-refractivity contribution in [2.24, 2.45) is 0 Å². The lowest BCUT2D eigenvalue weighted by Crippen LogP contribution is -1.95. The van der Waals surface area contributed by atoms with Crippen molar-refractivity contribution in [3.8, 4) is 0 Å². The number of nitrogens with two attached hydrogens (primary N) is 1. The lowest BCUT2D eigenvalue weighted by Gasteiger charge is -2.07. The minimum atomic E-state index is 0.733. The molecule has 0 aliphatic rings. The van der Waals surface area contributed by atoms with Gasteiger partial charge in [0.05, 0.1) is 0 Å². The third kappa shape index (κ3) is 2.56. The first-order valence-corrected chi connectivity index (χ1v) is 5.62. The predicted molar refractivity (Wildman–Crippen MR) is 69.8 cm³/mol. The number of rotatable bonds is 2. The van der Waals surface area contributed by atoms with E-state index in [1.54, 1.807) is 0 Å². The minimum Gasteiger partial charge on any atom is -0.398 e. The molecule has 0 aliphatic heterocycles. The molecule has 0 amide bonds. The smallest absolute Gasteiger partial charge is 0.0410 e. The fraction of sp³-hybridized carbons (Fsp3) is 0.143. The van der Waals surface area contributed by atoms with Crippen molar-refractivity contribution >= 4 is 17.3 Å². The van der Waals surface area contributed by atoms with Gasteiger partial charge in [-0.3, -0.25) is 0 Å². The summed E-state index contributed by atoms with van der Waals surface area (Å²) >= 11 is 5.96. The summed E-state index contributed by atoms with van der Waals surface area (Å²) in [5.41, 5.74) is 10.3. The van der Waals surface area contributed by atoms with Gasteiger partial charge in [0.15, 0.2) is 0 Å². The molecule has 2 aromatic rings. The Kier molecular flexibility index (Phi) is 3.16. The third-order valence-corrected chi connectivity index (χ3v) is 2.82. The van der Waals surface area contributed by atoms with Crippen molar-refractivity contribution < 1.29 is 0 Å². The minimum absolute atomic E-state index is 0.733. The van der Waals surface area contributed by atoms with Crippen LogP contribution in [0, 0.1) is 6.92 Å². The Labute approximate surface area is 101 Å². The monoisotopic (exact) mass is 231 g/mol. The Bertz CT molecular complexity index is 506. The van der Waals surface area contributed by atoms with Crippen LogP contribution in [0.25, 0.3) is 0 Å². The van der Waals surface area contributed by atoms with Crippen molar-refractivity contribution in [2.75, 3.05) is 5.73 Å². The van der Waals surface area contributed by atoms with Crippen LogP contribution in [0.5, 0.6) is 0 Å². The van der Waals surface area contributed by atoms with Crippen molar-refractivity contribution in [2.45, 2.75) is 13.3 Å². The maximum atomic E-state index is 5.96. The SMILES string of the molecule is Cc1cccc(Cc2cc(Cl)ccc2N)c1. The molecule has 0 aliphatic carbocycles. The molecule has 0 saturated carbocycles. The molecular weight excluding hydrogens is 218 g/mol. The van der Waals surface area contributed by atoms with E-state index >= 15 is 0 Å². The van der Waals surface area contributed by atoms with Gasteiger partial charge in [-0.1, -0.05) is 41.4 Å². The number of hydrogen-bond donors (Lipinski definition) is 1. The fourth-order valence-corrected chi connectivity index (χ4v) is 1.96. The predicted octanol–water partition coefficient (Wildman–Crippen LogP) is 3.82. The van der Waals surface area contributed by atoms with Gasteiger partial charge in [-0.05, 0) is 42.7 Å². The van der Waals surface area contributed by atoms with E-state index in [0.717, 1.165) is 22.7 Å². The largest absolute Gasteiger partial charge is 0.398 e. The van der Waals surface area contributed by atoms with E-state index in [1.165, 1.54) is 11.1 Å². The second-order valence-electron chi connectivity index (χ2n) is 4.01. The van der Waals surface area contributed by atoms with Gasteiger partial charge >= 0.3 is 0 Å². The quantitative estimate of drug-likeness (QED) is 0.782. The molecule has 2 N–H and O–H groups in total. The molecule has 0 fully saturated rings. The van der Waals surface area contributed by atoms with Crippen molar-refractivity contribution in [1.29, 1.82) is 0 Å². The molecule has 0 saturated heterocycles. The molecular formula is C14H14ClN. The molecule has 2 aromatic carbocycles. The van der Waals surface area contributed by atoms with Crippen molar-refractivity contribution in [1.82, 2.24) is 0 Å². The highest BCUT2D eigenvalue weighted by Crippen LogP contribution is 2.21. The van der Waals surface area contributed by atoms with Gasteiger partial charge in [0, 0.05) is 10.7 Å². The van der Waals surface area contributed by atoms with E-state index < -0.39 is 0 Å². The number of halogens is 1. The number of hydrogen-bond acceptors (Lipinski definition) is 1. The van der Waals surface area contributed by atoms with E-state index in [9.17, 15) is 0 Å². The first kappa shape index (κ1) is 11.0. The molecule has 0 heterocycles. The second kappa shape index (κ2) is 4.58. The van der Waals surface area contributed by atoms with Crippen LogP contribution in [-0.4, -0.2) is 0 Å². The normalized spacial score (nSPS) is 10.4. The highest BCUT2D eigenvalue weighted by Gasteiger charge is 2.02. The van der Waals surface area contributed by atoms with Crippen LogP contribution >= 0.6 is 11.6 Å². The van der Waals surface area contributed by atoms with Gasteiger partial charge in [0.1, 0.15) is 0 Å². The van der Waals surface area contributed by atoms with E-state index in [-0.39, 0.29) is 0 Å². The summed E-state index contributed by atoms with van der Waals surface area (Å²) in [6, 6.07) is 14.0. The Morgan fingerprint density at radius 2 is 1.94 bits per heavy atom. The Hall–Kier alpha value is -1.47. The second-order valence-corrected chi connectivity index (χ2v) is 4.45. The van der Waals surface area contributed by atoms with Crippen LogP contribution in [0.2, 0.25) is 5.02 Å². The van der Waals surface area contributed by atoms with Gasteiger partial charge in [0.2, 0.25) is 0 Å². The van der Waals surface area contributed by atoms with Crippen LogP contribution in [0.4, 0.5) is 5.69 Å². The fourth-order valence-electron chi connectivity index (χ4n) is 1.77. The molecule has 2 heteroatoms. The Morgan fingerprint density at radius 3 is 2.69 bits per heavy atom. The van der Waals surface area contributed by atoms with Crippen LogP contribution in [0.3, 0.4) is 0 Å². The standard InChI is InChI=1S/C14H14ClN/c1-10-3-2-4-11(7-10)8-12-9-13(15)5-6-14(12)16/h2-7,9H,8,16H2,1H3. The average Bonchev–Trinajstić information content (AvgIpc) is 2.24. The average molecular weight is 232 g/mol. The van der Waals surface area contributed by atoms with Crippen molar-refractivity contribution in [3.63, 3.8) is 0 Å².